The minimum Gasteiger partial charge on any atom is -0.481 e. The predicted octanol–water partition coefficient (Wildman–Crippen LogP) is 1.92. The van der Waals surface area contributed by atoms with Gasteiger partial charge in [-0.15, -0.1) is 0 Å². The molecule has 1 heterocycles. The molecule has 0 unspecified atom stereocenters. The molecule has 1 N–H and O–H groups in total. The van der Waals surface area contributed by atoms with Crippen LogP contribution in [0.1, 0.15) is 18.1 Å². The van der Waals surface area contributed by atoms with E-state index < -0.39 is 50.0 Å². The SMILES string of the molecule is C[C@@H]1CN(S(=O)(=O)c2ccc(C(F)(F)F)cc2C#N)C[C@H]1C(=O)O. The summed E-state index contributed by atoms with van der Waals surface area (Å²) in [6, 6.07) is 3.25. The Hall–Kier alpha value is -2.12. The van der Waals surface area contributed by atoms with Gasteiger partial charge < -0.3 is 5.11 Å². The molecule has 1 saturated heterocycles. The zero-order valence-electron chi connectivity index (χ0n) is 12.4. The second-order valence-corrected chi connectivity index (χ2v) is 7.47. The van der Waals surface area contributed by atoms with E-state index >= 15 is 0 Å². The van der Waals surface area contributed by atoms with Crippen molar-refractivity contribution in [2.45, 2.75) is 18.0 Å². The molecule has 24 heavy (non-hydrogen) atoms. The molecule has 2 atom stereocenters. The normalized spacial score (nSPS) is 22.3. The highest BCUT2D eigenvalue weighted by Crippen LogP contribution is 2.34. The van der Waals surface area contributed by atoms with Gasteiger partial charge in [0.05, 0.1) is 21.9 Å². The summed E-state index contributed by atoms with van der Waals surface area (Å²) in [5.74, 6) is -2.50. The molecule has 0 bridgehead atoms. The third-order valence-electron chi connectivity index (χ3n) is 3.94. The van der Waals surface area contributed by atoms with Gasteiger partial charge in [-0.1, -0.05) is 6.92 Å². The van der Waals surface area contributed by atoms with E-state index in [-0.39, 0.29) is 13.1 Å². The van der Waals surface area contributed by atoms with Crippen LogP contribution in [0, 0.1) is 23.2 Å². The lowest BCUT2D eigenvalue weighted by molar-refractivity contribution is -0.142. The molecule has 1 aromatic carbocycles. The maximum Gasteiger partial charge on any atom is 0.416 e. The number of rotatable bonds is 3. The van der Waals surface area contributed by atoms with Crippen molar-refractivity contribution in [2.24, 2.45) is 11.8 Å². The molecule has 0 radical (unpaired) electrons. The first-order valence-electron chi connectivity index (χ1n) is 6.82. The highest BCUT2D eigenvalue weighted by atomic mass is 32.2. The Kier molecular flexibility index (Phi) is 4.61. The Morgan fingerprint density at radius 3 is 2.46 bits per heavy atom. The Morgan fingerprint density at radius 1 is 1.38 bits per heavy atom. The zero-order valence-corrected chi connectivity index (χ0v) is 13.2. The standard InChI is InChI=1S/C14H13F3N2O4S/c1-8-6-19(7-11(8)13(20)21)24(22,23)12-3-2-10(14(15,16)17)4-9(12)5-18/h2-4,8,11H,6-7H2,1H3,(H,20,21)/t8-,11-/m1/s1. The topological polar surface area (TPSA) is 98.5 Å². The maximum atomic E-state index is 12.7. The predicted molar refractivity (Wildman–Crippen MR) is 75.2 cm³/mol. The quantitative estimate of drug-likeness (QED) is 0.886. The van der Waals surface area contributed by atoms with Gasteiger partial charge in [0.1, 0.15) is 6.07 Å². The molecule has 1 fully saturated rings. The number of aliphatic carboxylic acids is 1. The fourth-order valence-corrected chi connectivity index (χ4v) is 4.29. The molecule has 10 heteroatoms. The average Bonchev–Trinajstić information content (AvgIpc) is 2.88. The first-order valence-corrected chi connectivity index (χ1v) is 8.26. The molecule has 0 saturated carbocycles. The van der Waals surface area contributed by atoms with Gasteiger partial charge in [0.25, 0.3) is 0 Å². The lowest BCUT2D eigenvalue weighted by atomic mass is 9.99. The minimum atomic E-state index is -4.70. The first kappa shape index (κ1) is 18.2. The van der Waals surface area contributed by atoms with Crippen molar-refractivity contribution in [2.75, 3.05) is 13.1 Å². The Labute approximate surface area is 136 Å². The molecule has 0 spiro atoms. The summed E-state index contributed by atoms with van der Waals surface area (Å²) in [6.07, 6.45) is -4.70. The van der Waals surface area contributed by atoms with Crippen molar-refractivity contribution >= 4 is 16.0 Å². The smallest absolute Gasteiger partial charge is 0.416 e. The Balaban J connectivity index is 2.44. The van der Waals surface area contributed by atoms with E-state index in [1.807, 2.05) is 0 Å². The van der Waals surface area contributed by atoms with Crippen LogP contribution >= 0.6 is 0 Å². The summed E-state index contributed by atoms with van der Waals surface area (Å²) in [6.45, 7) is 1.21. The summed E-state index contributed by atoms with van der Waals surface area (Å²) in [5.41, 5.74) is -1.76. The van der Waals surface area contributed by atoms with E-state index in [0.717, 1.165) is 10.4 Å². The van der Waals surface area contributed by atoms with Gasteiger partial charge in [-0.3, -0.25) is 4.79 Å². The van der Waals surface area contributed by atoms with Gasteiger partial charge >= 0.3 is 12.1 Å². The number of hydrogen-bond acceptors (Lipinski definition) is 4. The molecule has 0 amide bonds. The largest absolute Gasteiger partial charge is 0.481 e. The van der Waals surface area contributed by atoms with Crippen molar-refractivity contribution in [1.29, 1.82) is 5.26 Å². The highest BCUT2D eigenvalue weighted by molar-refractivity contribution is 7.89. The lowest BCUT2D eigenvalue weighted by Gasteiger charge is -2.17. The van der Waals surface area contributed by atoms with Gasteiger partial charge in [0, 0.05) is 13.1 Å². The number of sulfonamides is 1. The minimum absolute atomic E-state index is 0.0782. The molecule has 130 valence electrons. The van der Waals surface area contributed by atoms with Gasteiger partial charge in [-0.05, 0) is 24.1 Å². The van der Waals surface area contributed by atoms with Gasteiger partial charge in [0.2, 0.25) is 10.0 Å². The summed E-state index contributed by atoms with van der Waals surface area (Å²) in [4.78, 5) is 10.5. The fraction of sp³-hybridized carbons (Fsp3) is 0.429. The highest BCUT2D eigenvalue weighted by Gasteiger charge is 2.42. The number of alkyl halides is 3. The fourth-order valence-electron chi connectivity index (χ4n) is 2.60. The number of benzene rings is 1. The van der Waals surface area contributed by atoms with E-state index in [0.29, 0.717) is 12.1 Å². The van der Waals surface area contributed by atoms with Crippen LogP contribution in [0.3, 0.4) is 0 Å². The summed E-state index contributed by atoms with van der Waals surface area (Å²) < 4.78 is 64.1. The molecule has 0 aliphatic carbocycles. The van der Waals surface area contributed by atoms with Gasteiger partial charge in [-0.2, -0.15) is 22.7 Å². The summed E-state index contributed by atoms with van der Waals surface area (Å²) in [5, 5.41) is 18.1. The molecule has 0 aromatic heterocycles. The number of halogens is 3. The van der Waals surface area contributed by atoms with Crippen molar-refractivity contribution < 1.29 is 31.5 Å². The first-order chi connectivity index (χ1) is 11.0. The van der Waals surface area contributed by atoms with E-state index in [2.05, 4.69) is 0 Å². The number of carboxylic acids is 1. The second-order valence-electron chi connectivity index (χ2n) is 5.56. The van der Waals surface area contributed by atoms with Crippen LogP contribution in [-0.2, 0) is 21.0 Å². The van der Waals surface area contributed by atoms with Gasteiger partial charge in [-0.25, -0.2) is 8.42 Å². The molecule has 1 aromatic rings. The number of carbonyl (C=O) groups is 1. The van der Waals surface area contributed by atoms with Crippen LogP contribution in [0.5, 0.6) is 0 Å². The van der Waals surface area contributed by atoms with Crippen LogP contribution in [0.15, 0.2) is 23.1 Å². The molecular formula is C14H13F3N2O4S. The third-order valence-corrected chi connectivity index (χ3v) is 5.83. The van der Waals surface area contributed by atoms with Crippen molar-refractivity contribution in [3.8, 4) is 6.07 Å². The summed E-state index contributed by atoms with van der Waals surface area (Å²) >= 11 is 0. The molecule has 1 aliphatic heterocycles. The number of carboxylic acid groups (broad SMARTS) is 1. The number of hydrogen-bond donors (Lipinski definition) is 1. The Morgan fingerprint density at radius 2 is 2.00 bits per heavy atom. The van der Waals surface area contributed by atoms with Crippen LogP contribution < -0.4 is 0 Å². The van der Waals surface area contributed by atoms with Crippen molar-refractivity contribution in [3.05, 3.63) is 29.3 Å². The van der Waals surface area contributed by atoms with E-state index in [1.54, 1.807) is 6.92 Å². The van der Waals surface area contributed by atoms with Gasteiger partial charge in [0.15, 0.2) is 0 Å². The average molecular weight is 362 g/mol. The van der Waals surface area contributed by atoms with Crippen molar-refractivity contribution in [3.63, 3.8) is 0 Å². The van der Waals surface area contributed by atoms with Crippen LogP contribution in [0.4, 0.5) is 13.2 Å². The molecule has 2 rings (SSSR count). The number of nitriles is 1. The summed E-state index contributed by atoms with van der Waals surface area (Å²) in [7, 11) is -4.26. The molecule has 6 nitrogen and oxygen atoms in total. The van der Waals surface area contributed by atoms with E-state index in [9.17, 15) is 26.4 Å². The van der Waals surface area contributed by atoms with Crippen LogP contribution in [0.2, 0.25) is 0 Å². The molecular weight excluding hydrogens is 349 g/mol. The van der Waals surface area contributed by atoms with E-state index in [4.69, 9.17) is 10.4 Å². The lowest BCUT2D eigenvalue weighted by Crippen LogP contribution is -2.30. The molecule has 1 aliphatic rings. The second kappa shape index (κ2) is 6.07. The maximum absolute atomic E-state index is 12.7. The van der Waals surface area contributed by atoms with E-state index in [1.165, 1.54) is 6.07 Å². The Bertz CT molecular complexity index is 814. The zero-order chi connectivity index (χ0) is 18.3. The monoisotopic (exact) mass is 362 g/mol. The van der Waals surface area contributed by atoms with Crippen LogP contribution in [0.25, 0.3) is 0 Å². The van der Waals surface area contributed by atoms with Crippen molar-refractivity contribution in [1.82, 2.24) is 4.31 Å². The third kappa shape index (κ3) is 3.22. The number of nitrogens with zero attached hydrogens (tertiary/aromatic N) is 2. The van der Waals surface area contributed by atoms with Crippen LogP contribution in [-0.4, -0.2) is 36.9 Å².